The summed E-state index contributed by atoms with van der Waals surface area (Å²) in [7, 11) is -2.12. The van der Waals surface area contributed by atoms with Crippen molar-refractivity contribution in [2.24, 2.45) is 5.92 Å². The summed E-state index contributed by atoms with van der Waals surface area (Å²) in [6.45, 7) is 4.79. The second-order valence-electron chi connectivity index (χ2n) is 9.03. The highest BCUT2D eigenvalue weighted by Gasteiger charge is 2.47. The molecule has 0 nitrogen and oxygen atoms in total. The minimum Gasteiger partial charge on any atom is -0.0951 e. The molecule has 0 aliphatic heterocycles. The highest BCUT2D eigenvalue weighted by molar-refractivity contribution is 7.00. The van der Waals surface area contributed by atoms with Crippen LogP contribution in [0.4, 0.5) is 0 Å². The number of rotatable bonds is 3. The lowest BCUT2D eigenvalue weighted by Gasteiger charge is -2.37. The zero-order valence-electron chi connectivity index (χ0n) is 18.0. The van der Waals surface area contributed by atoms with Crippen LogP contribution in [-0.4, -0.2) is 8.07 Å². The maximum atomic E-state index is 2.60. The molecule has 0 amide bonds. The Balaban J connectivity index is 1.70. The summed E-state index contributed by atoms with van der Waals surface area (Å²) in [5, 5.41) is 4.55. The molecule has 3 aromatic carbocycles. The first kappa shape index (κ1) is 18.6. The molecular formula is C30H26Si. The molecule has 0 spiro atoms. The lowest BCUT2D eigenvalue weighted by molar-refractivity contribution is 1.10. The fourth-order valence-electron chi connectivity index (χ4n) is 6.30. The van der Waals surface area contributed by atoms with E-state index in [1.165, 1.54) is 38.3 Å². The van der Waals surface area contributed by atoms with Crippen molar-refractivity contribution in [1.29, 1.82) is 0 Å². The summed E-state index contributed by atoms with van der Waals surface area (Å²) in [5.74, 6) is 0.384. The van der Waals surface area contributed by atoms with Crippen LogP contribution in [0.5, 0.6) is 0 Å². The fourth-order valence-corrected chi connectivity index (χ4v) is 11.2. The largest absolute Gasteiger partial charge is 0.115 e. The van der Waals surface area contributed by atoms with Gasteiger partial charge in [0.1, 0.15) is 8.07 Å². The Bertz CT molecular complexity index is 1370. The van der Waals surface area contributed by atoms with Gasteiger partial charge in [0.2, 0.25) is 0 Å². The van der Waals surface area contributed by atoms with E-state index >= 15 is 0 Å². The lowest BCUT2D eigenvalue weighted by Crippen LogP contribution is -2.44. The van der Waals surface area contributed by atoms with Crippen LogP contribution in [-0.2, 0) is 0 Å². The average Bonchev–Trinajstić information content (AvgIpc) is 3.33. The Kier molecular flexibility index (Phi) is 4.16. The average molecular weight is 415 g/mol. The maximum Gasteiger partial charge on any atom is 0.115 e. The molecule has 0 fully saturated rings. The molecule has 0 N–H and O–H groups in total. The third-order valence-electron chi connectivity index (χ3n) is 7.39. The maximum absolute atomic E-state index is 2.60. The Labute approximate surface area is 185 Å². The molecule has 0 bridgehead atoms. The molecule has 3 aliphatic carbocycles. The van der Waals surface area contributed by atoms with Gasteiger partial charge in [0.05, 0.1) is 0 Å². The first-order chi connectivity index (χ1) is 15.2. The van der Waals surface area contributed by atoms with E-state index in [0.29, 0.717) is 11.5 Å². The molecule has 2 unspecified atom stereocenters. The van der Waals surface area contributed by atoms with Crippen LogP contribution in [0.15, 0.2) is 109 Å². The van der Waals surface area contributed by atoms with Gasteiger partial charge in [0, 0.05) is 11.5 Å². The van der Waals surface area contributed by atoms with Crippen LogP contribution in [0.25, 0.3) is 21.9 Å². The number of benzene rings is 3. The predicted octanol–water partition coefficient (Wildman–Crippen LogP) is 5.83. The summed E-state index contributed by atoms with van der Waals surface area (Å²) < 4.78 is 0. The van der Waals surface area contributed by atoms with Gasteiger partial charge in [-0.2, -0.15) is 0 Å². The van der Waals surface area contributed by atoms with Crippen molar-refractivity contribution in [1.82, 2.24) is 0 Å². The van der Waals surface area contributed by atoms with Gasteiger partial charge in [0.25, 0.3) is 0 Å². The van der Waals surface area contributed by atoms with Gasteiger partial charge in [-0.25, -0.2) is 0 Å². The van der Waals surface area contributed by atoms with Gasteiger partial charge >= 0.3 is 0 Å². The van der Waals surface area contributed by atoms with E-state index in [4.69, 9.17) is 0 Å². The molecule has 0 heterocycles. The second-order valence-corrected chi connectivity index (χ2v) is 13.0. The zero-order valence-corrected chi connectivity index (χ0v) is 19.0. The van der Waals surface area contributed by atoms with E-state index in [2.05, 4.69) is 122 Å². The fraction of sp³-hybridized carbons (Fsp3) is 0.133. The van der Waals surface area contributed by atoms with Crippen LogP contribution in [0.3, 0.4) is 0 Å². The summed E-state index contributed by atoms with van der Waals surface area (Å²) >= 11 is 0. The van der Waals surface area contributed by atoms with Gasteiger partial charge < -0.3 is 0 Å². The standard InChI is InChI=1S/C30H26Si/c1-3-20-31(2,29-25-16-8-4-12-21(25)22-13-5-9-17-26(22)29)30-27-18-10-6-14-23(27)24-15-7-11-19-28(24)30/h3-20,25,30H,1-2H3. The van der Waals surface area contributed by atoms with E-state index in [1.54, 1.807) is 5.20 Å². The highest BCUT2D eigenvalue weighted by Crippen LogP contribution is 2.53. The second kappa shape index (κ2) is 6.93. The van der Waals surface area contributed by atoms with E-state index in [0.717, 1.165) is 0 Å². The smallest absolute Gasteiger partial charge is 0.0951 e. The number of allylic oxidation sites excluding steroid dienone is 5. The molecule has 3 aromatic rings. The molecule has 1 heteroatoms. The first-order valence-electron chi connectivity index (χ1n) is 11.2. The van der Waals surface area contributed by atoms with Crippen LogP contribution in [0, 0.1) is 5.92 Å². The summed E-state index contributed by atoms with van der Waals surface area (Å²) in [5.41, 5.74) is 10.3. The minimum atomic E-state index is -2.12. The van der Waals surface area contributed by atoms with Crippen LogP contribution >= 0.6 is 0 Å². The third-order valence-corrected chi connectivity index (χ3v) is 12.0. The van der Waals surface area contributed by atoms with Crippen LogP contribution < -0.4 is 10.4 Å². The van der Waals surface area contributed by atoms with Crippen molar-refractivity contribution >= 4 is 18.8 Å². The number of hydrogen-bond acceptors (Lipinski definition) is 0. The Morgan fingerprint density at radius 3 is 2.03 bits per heavy atom. The molecule has 0 radical (unpaired) electrons. The third kappa shape index (κ3) is 2.53. The molecule has 2 atom stereocenters. The van der Waals surface area contributed by atoms with Crippen molar-refractivity contribution in [3.63, 3.8) is 0 Å². The van der Waals surface area contributed by atoms with Crippen molar-refractivity contribution in [3.05, 3.63) is 130 Å². The van der Waals surface area contributed by atoms with E-state index < -0.39 is 8.07 Å². The molecule has 0 saturated carbocycles. The van der Waals surface area contributed by atoms with E-state index in [9.17, 15) is 0 Å². The summed E-state index contributed by atoms with van der Waals surface area (Å²) in [4.78, 5) is 0. The molecular weight excluding hydrogens is 388 g/mol. The Morgan fingerprint density at radius 1 is 0.742 bits per heavy atom. The molecule has 150 valence electrons. The van der Waals surface area contributed by atoms with Crippen molar-refractivity contribution in [3.8, 4) is 11.1 Å². The molecule has 6 rings (SSSR count). The van der Waals surface area contributed by atoms with E-state index in [1.807, 2.05) is 0 Å². The van der Waals surface area contributed by atoms with Gasteiger partial charge in [-0.3, -0.25) is 0 Å². The minimum absolute atomic E-state index is 0.384. The first-order valence-corrected chi connectivity index (χ1v) is 13.9. The topological polar surface area (TPSA) is 0 Å². The van der Waals surface area contributed by atoms with Gasteiger partial charge in [0.15, 0.2) is 0 Å². The van der Waals surface area contributed by atoms with E-state index in [-0.39, 0.29) is 0 Å². The van der Waals surface area contributed by atoms with Crippen LogP contribution in [0.2, 0.25) is 6.55 Å². The Morgan fingerprint density at radius 2 is 1.35 bits per heavy atom. The lowest BCUT2D eigenvalue weighted by atomic mass is 9.97. The number of hydrogen-bond donors (Lipinski definition) is 0. The molecule has 31 heavy (non-hydrogen) atoms. The SMILES string of the molecule is CC=C[Si](C)(C1=c2ccccc2=C2C=CC=CC21)C1c2ccccc2-c2ccccc21. The molecule has 0 aromatic heterocycles. The summed E-state index contributed by atoms with van der Waals surface area (Å²) in [6, 6.07) is 27.3. The monoisotopic (exact) mass is 414 g/mol. The van der Waals surface area contributed by atoms with Gasteiger partial charge in [-0.05, 0) is 45.2 Å². The number of fused-ring (bicyclic) bond motifs is 5. The molecule has 0 saturated heterocycles. The normalized spacial score (nSPS) is 20.5. The summed E-state index contributed by atoms with van der Waals surface area (Å²) in [6.07, 6.45) is 11.5. The van der Waals surface area contributed by atoms with Gasteiger partial charge in [-0.15, -0.1) is 0 Å². The van der Waals surface area contributed by atoms with Crippen molar-refractivity contribution < 1.29 is 0 Å². The van der Waals surface area contributed by atoms with Crippen molar-refractivity contribution in [2.75, 3.05) is 0 Å². The quantitative estimate of drug-likeness (QED) is 0.473. The van der Waals surface area contributed by atoms with Gasteiger partial charge in [-0.1, -0.05) is 121 Å². The van der Waals surface area contributed by atoms with Crippen molar-refractivity contribution in [2.45, 2.75) is 19.0 Å². The zero-order chi connectivity index (χ0) is 21.0. The molecule has 3 aliphatic rings. The van der Waals surface area contributed by atoms with Crippen LogP contribution in [0.1, 0.15) is 23.6 Å². The highest BCUT2D eigenvalue weighted by atomic mass is 28.3. The Hall–Kier alpha value is -3.16. The predicted molar refractivity (Wildman–Crippen MR) is 134 cm³/mol.